The number of hydrogen-bond donors (Lipinski definition) is 1. The average molecular weight is 328 g/mol. The molecule has 1 fully saturated rings. The molecule has 1 atom stereocenters. The summed E-state index contributed by atoms with van der Waals surface area (Å²) in [4.78, 5) is 18.0. The lowest BCUT2D eigenvalue weighted by Gasteiger charge is -2.22. The maximum Gasteiger partial charge on any atom is 0.265 e. The molecule has 1 aliphatic heterocycles. The topological polar surface area (TPSA) is 49.6 Å². The second-order valence-electron chi connectivity index (χ2n) is 5.91. The number of nitrogens with two attached hydrogens (primary N) is 1. The smallest absolute Gasteiger partial charge is 0.265 e. The Balaban J connectivity index is 2.34. The average Bonchev–Trinajstić information content (AvgIpc) is 2.62. The molecule has 1 amide bonds. The molecule has 1 aromatic heterocycles. The lowest BCUT2D eigenvalue weighted by atomic mass is 10.0. The second-order valence-corrected chi connectivity index (χ2v) is 7.72. The van der Waals surface area contributed by atoms with E-state index < -0.39 is 0 Å². The molecule has 21 heavy (non-hydrogen) atoms. The van der Waals surface area contributed by atoms with Crippen LogP contribution in [0.2, 0.25) is 0 Å². The number of anilines is 2. The number of thioether (sulfide) groups is 1. The quantitative estimate of drug-likeness (QED) is 0.865. The van der Waals surface area contributed by atoms with E-state index in [4.69, 9.17) is 5.73 Å². The van der Waals surface area contributed by atoms with Crippen LogP contribution in [0.4, 0.5) is 10.7 Å². The first-order valence-electron chi connectivity index (χ1n) is 7.38. The molecule has 0 aromatic carbocycles. The van der Waals surface area contributed by atoms with Gasteiger partial charge in [0.05, 0.1) is 10.6 Å². The Kier molecular flexibility index (Phi) is 5.43. The van der Waals surface area contributed by atoms with Crippen LogP contribution in [0.3, 0.4) is 0 Å². The summed E-state index contributed by atoms with van der Waals surface area (Å²) in [6, 6.07) is 0. The lowest BCUT2D eigenvalue weighted by Crippen LogP contribution is -2.23. The summed E-state index contributed by atoms with van der Waals surface area (Å²) in [5.74, 6) is 0.787. The van der Waals surface area contributed by atoms with Crippen LogP contribution in [-0.2, 0) is 0 Å². The Hall–Kier alpha value is -0.880. The van der Waals surface area contributed by atoms with Gasteiger partial charge in [0.1, 0.15) is 9.88 Å². The number of thiophene rings is 1. The standard InChI is InChI=1S/C15H25N3OS2/c1-10-6-5-8-18(9-7-10)15-13(20-4)11(16)12(21-15)14(19)17(2)3/h10H,5-9,16H2,1-4H3. The van der Waals surface area contributed by atoms with Crippen LogP contribution in [0.5, 0.6) is 0 Å². The molecular weight excluding hydrogens is 302 g/mol. The Morgan fingerprint density at radius 3 is 2.71 bits per heavy atom. The molecule has 2 rings (SSSR count). The van der Waals surface area contributed by atoms with Crippen molar-refractivity contribution >= 4 is 39.7 Å². The molecule has 6 heteroatoms. The maximum atomic E-state index is 12.3. The molecule has 1 unspecified atom stereocenters. The fourth-order valence-electron chi connectivity index (χ4n) is 2.65. The third-order valence-electron chi connectivity index (χ3n) is 3.99. The van der Waals surface area contributed by atoms with E-state index in [9.17, 15) is 4.79 Å². The van der Waals surface area contributed by atoms with Crippen molar-refractivity contribution in [2.45, 2.75) is 31.1 Å². The predicted molar refractivity (Wildman–Crippen MR) is 93.8 cm³/mol. The minimum absolute atomic E-state index is 0.00207. The molecule has 4 nitrogen and oxygen atoms in total. The zero-order valence-corrected chi connectivity index (χ0v) is 14.9. The van der Waals surface area contributed by atoms with Crippen LogP contribution in [0.25, 0.3) is 0 Å². The van der Waals surface area contributed by atoms with Crippen molar-refractivity contribution in [3.8, 4) is 0 Å². The highest BCUT2D eigenvalue weighted by atomic mass is 32.2. The number of nitrogens with zero attached hydrogens (tertiary/aromatic N) is 2. The fourth-order valence-corrected chi connectivity index (χ4v) is 4.90. The first-order valence-corrected chi connectivity index (χ1v) is 9.42. The Bertz CT molecular complexity index is 513. The summed E-state index contributed by atoms with van der Waals surface area (Å²) in [5, 5.41) is 1.18. The van der Waals surface area contributed by atoms with Crippen molar-refractivity contribution in [1.82, 2.24) is 4.90 Å². The van der Waals surface area contributed by atoms with Crippen LogP contribution in [-0.4, -0.2) is 44.2 Å². The molecule has 0 spiro atoms. The Morgan fingerprint density at radius 2 is 2.10 bits per heavy atom. The van der Waals surface area contributed by atoms with Crippen molar-refractivity contribution in [2.75, 3.05) is 44.1 Å². The predicted octanol–water partition coefficient (Wildman–Crippen LogP) is 3.38. The van der Waals surface area contributed by atoms with Crippen LogP contribution in [0.1, 0.15) is 35.9 Å². The minimum atomic E-state index is 0.00207. The highest BCUT2D eigenvalue weighted by Gasteiger charge is 2.25. The van der Waals surface area contributed by atoms with E-state index in [0.29, 0.717) is 10.6 Å². The van der Waals surface area contributed by atoms with Crippen LogP contribution in [0.15, 0.2) is 4.90 Å². The molecule has 1 aliphatic rings. The number of rotatable bonds is 3. The van der Waals surface area contributed by atoms with Gasteiger partial charge >= 0.3 is 0 Å². The molecule has 2 heterocycles. The Morgan fingerprint density at radius 1 is 1.38 bits per heavy atom. The van der Waals surface area contributed by atoms with Gasteiger partial charge in [-0.3, -0.25) is 4.79 Å². The normalized spacial score (nSPS) is 19.4. The summed E-state index contributed by atoms with van der Waals surface area (Å²) >= 11 is 3.20. The minimum Gasteiger partial charge on any atom is -0.396 e. The number of nitrogen functional groups attached to an aromatic ring is 1. The fraction of sp³-hybridized carbons (Fsp3) is 0.667. The van der Waals surface area contributed by atoms with Gasteiger partial charge in [0.15, 0.2) is 0 Å². The monoisotopic (exact) mass is 327 g/mol. The van der Waals surface area contributed by atoms with Crippen molar-refractivity contribution in [2.24, 2.45) is 5.92 Å². The third kappa shape index (κ3) is 3.48. The molecular formula is C15H25N3OS2. The molecule has 0 aliphatic carbocycles. The lowest BCUT2D eigenvalue weighted by molar-refractivity contribution is 0.0833. The van der Waals surface area contributed by atoms with Crippen molar-refractivity contribution in [3.63, 3.8) is 0 Å². The number of hydrogen-bond acceptors (Lipinski definition) is 5. The van der Waals surface area contributed by atoms with Gasteiger partial charge in [0.2, 0.25) is 0 Å². The molecule has 2 N–H and O–H groups in total. The van der Waals surface area contributed by atoms with E-state index in [1.807, 2.05) is 6.26 Å². The Labute approximate surface area is 135 Å². The van der Waals surface area contributed by atoms with Crippen LogP contribution < -0.4 is 10.6 Å². The van der Waals surface area contributed by atoms with Gasteiger partial charge in [-0.15, -0.1) is 23.1 Å². The molecule has 118 valence electrons. The maximum absolute atomic E-state index is 12.3. The molecule has 0 saturated carbocycles. The van der Waals surface area contributed by atoms with Gasteiger partial charge in [-0.05, 0) is 31.4 Å². The summed E-state index contributed by atoms with van der Waals surface area (Å²) in [6.45, 7) is 4.44. The highest BCUT2D eigenvalue weighted by Crippen LogP contribution is 2.44. The summed E-state index contributed by atoms with van der Waals surface area (Å²) in [5.41, 5.74) is 6.89. The van der Waals surface area contributed by atoms with Crippen molar-refractivity contribution in [1.29, 1.82) is 0 Å². The zero-order valence-electron chi connectivity index (χ0n) is 13.3. The van der Waals surface area contributed by atoms with Gasteiger partial charge in [-0.2, -0.15) is 0 Å². The first-order chi connectivity index (χ1) is 9.95. The molecule has 1 saturated heterocycles. The van der Waals surface area contributed by atoms with Crippen molar-refractivity contribution in [3.05, 3.63) is 4.88 Å². The van der Waals surface area contributed by atoms with E-state index in [-0.39, 0.29) is 5.91 Å². The number of amides is 1. The highest BCUT2D eigenvalue weighted by molar-refractivity contribution is 7.99. The molecule has 0 bridgehead atoms. The van der Waals surface area contributed by atoms with Crippen molar-refractivity contribution < 1.29 is 4.79 Å². The second kappa shape index (κ2) is 6.92. The van der Waals surface area contributed by atoms with Crippen LogP contribution >= 0.6 is 23.1 Å². The van der Waals surface area contributed by atoms with Gasteiger partial charge in [-0.1, -0.05) is 6.92 Å². The van der Waals surface area contributed by atoms with Gasteiger partial charge in [-0.25, -0.2) is 0 Å². The van der Waals surface area contributed by atoms with Gasteiger partial charge in [0.25, 0.3) is 5.91 Å². The van der Waals surface area contributed by atoms with E-state index in [2.05, 4.69) is 11.8 Å². The van der Waals surface area contributed by atoms with E-state index in [1.54, 1.807) is 42.1 Å². The molecule has 1 aromatic rings. The SMILES string of the molecule is CSc1c(N2CCCC(C)CC2)sc(C(=O)N(C)C)c1N. The van der Waals surface area contributed by atoms with E-state index >= 15 is 0 Å². The van der Waals surface area contributed by atoms with E-state index in [0.717, 1.165) is 23.9 Å². The van der Waals surface area contributed by atoms with Crippen LogP contribution in [0, 0.1) is 5.92 Å². The van der Waals surface area contributed by atoms with Gasteiger partial charge < -0.3 is 15.5 Å². The number of carbonyl (C=O) groups is 1. The van der Waals surface area contributed by atoms with Gasteiger partial charge in [0, 0.05) is 27.2 Å². The van der Waals surface area contributed by atoms with E-state index in [1.165, 1.54) is 24.3 Å². The largest absolute Gasteiger partial charge is 0.396 e. The zero-order chi connectivity index (χ0) is 15.6. The summed E-state index contributed by atoms with van der Waals surface area (Å²) in [7, 11) is 3.54. The third-order valence-corrected chi connectivity index (χ3v) is 6.20. The number of carbonyl (C=O) groups excluding carboxylic acids is 1. The summed E-state index contributed by atoms with van der Waals surface area (Å²) < 4.78 is 0. The molecule has 0 radical (unpaired) electrons. The first kappa shape index (κ1) is 16.5. The summed E-state index contributed by atoms with van der Waals surface area (Å²) in [6.07, 6.45) is 5.74.